The fraction of sp³-hybridized carbons (Fsp3) is 0.267. The number of nitrogens with zero attached hydrogens (tertiary/aromatic N) is 4. The number of carbonyl (C=O) groups is 1. The highest BCUT2D eigenvalue weighted by atomic mass is 19.1. The number of aromatic amines is 1. The maximum absolute atomic E-state index is 13.9. The molecule has 0 fully saturated rings. The maximum Gasteiger partial charge on any atom is 0.338 e. The summed E-state index contributed by atoms with van der Waals surface area (Å²) in [4.78, 5) is 12.0. The van der Waals surface area contributed by atoms with Gasteiger partial charge < -0.3 is 10.1 Å². The van der Waals surface area contributed by atoms with Crippen molar-refractivity contribution >= 4 is 17.2 Å². The fourth-order valence-electron chi connectivity index (χ4n) is 1.67. The van der Waals surface area contributed by atoms with Gasteiger partial charge in [-0.15, -0.1) is 10.2 Å². The third kappa shape index (κ3) is 4.36. The summed E-state index contributed by atoms with van der Waals surface area (Å²) in [5.74, 6) is -1.11. The first-order chi connectivity index (χ1) is 11.3. The van der Waals surface area contributed by atoms with E-state index in [1.807, 2.05) is 6.07 Å². The third-order valence-electron chi connectivity index (χ3n) is 2.68. The molecule has 0 saturated heterocycles. The fourth-order valence-corrected chi connectivity index (χ4v) is 1.67. The van der Waals surface area contributed by atoms with Gasteiger partial charge in [0.05, 0.1) is 11.3 Å². The lowest BCUT2D eigenvalue weighted by molar-refractivity contribution is 0.00695. The maximum atomic E-state index is 13.9. The number of nitrogens with one attached hydrogen (secondary N) is 2. The van der Waals surface area contributed by atoms with Crippen molar-refractivity contribution in [3.05, 3.63) is 41.6 Å². The number of esters is 1. The molecule has 0 bridgehead atoms. The van der Waals surface area contributed by atoms with Crippen LogP contribution in [0.15, 0.2) is 24.4 Å². The molecule has 9 heteroatoms. The van der Waals surface area contributed by atoms with Crippen molar-refractivity contribution in [1.29, 1.82) is 5.26 Å². The van der Waals surface area contributed by atoms with E-state index in [9.17, 15) is 9.18 Å². The van der Waals surface area contributed by atoms with E-state index >= 15 is 0 Å². The van der Waals surface area contributed by atoms with Crippen LogP contribution in [0.4, 0.5) is 10.1 Å². The van der Waals surface area contributed by atoms with Crippen molar-refractivity contribution in [2.75, 3.05) is 5.32 Å². The highest BCUT2D eigenvalue weighted by molar-refractivity contribution is 5.91. The minimum absolute atomic E-state index is 0.00889. The number of nitriles is 1. The Hall–Kier alpha value is -3.28. The third-order valence-corrected chi connectivity index (χ3v) is 2.68. The zero-order chi connectivity index (χ0) is 17.7. The van der Waals surface area contributed by atoms with Gasteiger partial charge in [0.2, 0.25) is 5.82 Å². The zero-order valence-corrected chi connectivity index (χ0v) is 13.3. The predicted molar refractivity (Wildman–Crippen MR) is 83.0 cm³/mol. The molecule has 0 unspecified atom stereocenters. The molecule has 0 aliphatic heterocycles. The molecule has 1 heterocycles. The van der Waals surface area contributed by atoms with Gasteiger partial charge in [-0.25, -0.2) is 9.18 Å². The molecule has 8 nitrogen and oxygen atoms in total. The molecule has 24 heavy (non-hydrogen) atoms. The van der Waals surface area contributed by atoms with Crippen LogP contribution in [0.3, 0.4) is 0 Å². The number of hydrogen-bond donors (Lipinski definition) is 2. The van der Waals surface area contributed by atoms with Crippen LogP contribution in [0.5, 0.6) is 0 Å². The summed E-state index contributed by atoms with van der Waals surface area (Å²) in [6, 6.07) is 5.62. The van der Waals surface area contributed by atoms with Crippen molar-refractivity contribution in [2.45, 2.75) is 26.4 Å². The van der Waals surface area contributed by atoms with Gasteiger partial charge in [0.1, 0.15) is 23.1 Å². The highest BCUT2D eigenvalue weighted by Gasteiger charge is 2.19. The SMILES string of the molecule is CC(C)(C)OC(=O)c1ccc(F)c(NC=C(C#N)c2nn[nH]n2)c1. The van der Waals surface area contributed by atoms with E-state index in [0.29, 0.717) is 0 Å². The second kappa shape index (κ2) is 6.87. The van der Waals surface area contributed by atoms with Crippen LogP contribution in [0.25, 0.3) is 5.57 Å². The minimum atomic E-state index is -0.661. The first-order valence-electron chi connectivity index (χ1n) is 6.93. The number of benzene rings is 1. The average molecular weight is 330 g/mol. The van der Waals surface area contributed by atoms with Gasteiger partial charge in [-0.3, -0.25) is 0 Å². The Morgan fingerprint density at radius 1 is 1.46 bits per heavy atom. The van der Waals surface area contributed by atoms with Crippen LogP contribution in [-0.2, 0) is 4.74 Å². The van der Waals surface area contributed by atoms with Gasteiger partial charge in [-0.1, -0.05) is 0 Å². The molecule has 0 spiro atoms. The lowest BCUT2D eigenvalue weighted by Crippen LogP contribution is -2.23. The molecule has 2 N–H and O–H groups in total. The number of ether oxygens (including phenoxy) is 1. The van der Waals surface area contributed by atoms with Gasteiger partial charge in [0.25, 0.3) is 0 Å². The molecule has 0 amide bonds. The second-order valence-electron chi connectivity index (χ2n) is 5.75. The number of allylic oxidation sites excluding steroid dienone is 1. The summed E-state index contributed by atoms with van der Waals surface area (Å²) in [7, 11) is 0. The molecule has 124 valence electrons. The number of anilines is 1. The number of H-pyrrole nitrogens is 1. The van der Waals surface area contributed by atoms with Gasteiger partial charge in [0, 0.05) is 6.20 Å². The van der Waals surface area contributed by atoms with Crippen molar-refractivity contribution in [2.24, 2.45) is 0 Å². The molecule has 0 aliphatic carbocycles. The number of hydrogen-bond acceptors (Lipinski definition) is 7. The largest absolute Gasteiger partial charge is 0.456 e. The first kappa shape index (κ1) is 17.1. The first-order valence-corrected chi connectivity index (χ1v) is 6.93. The molecule has 0 radical (unpaired) electrons. The monoisotopic (exact) mass is 330 g/mol. The molecule has 2 rings (SSSR count). The number of rotatable bonds is 4. The van der Waals surface area contributed by atoms with E-state index in [0.717, 1.165) is 6.07 Å². The van der Waals surface area contributed by atoms with Crippen LogP contribution < -0.4 is 5.32 Å². The molecule has 0 saturated carbocycles. The van der Waals surface area contributed by atoms with Gasteiger partial charge in [0.15, 0.2) is 0 Å². The van der Waals surface area contributed by atoms with Crippen molar-refractivity contribution in [1.82, 2.24) is 20.6 Å². The molecule has 0 atom stereocenters. The number of aromatic nitrogens is 4. The Balaban J connectivity index is 2.23. The Labute approximate surface area is 137 Å². The molecule has 1 aromatic heterocycles. The summed E-state index contributed by atoms with van der Waals surface area (Å²) in [6.45, 7) is 5.21. The van der Waals surface area contributed by atoms with Crippen LogP contribution in [0, 0.1) is 17.1 Å². The van der Waals surface area contributed by atoms with Crippen LogP contribution in [0.1, 0.15) is 37.0 Å². The Morgan fingerprint density at radius 3 is 2.79 bits per heavy atom. The highest BCUT2D eigenvalue weighted by Crippen LogP contribution is 2.20. The normalized spacial score (nSPS) is 11.7. The van der Waals surface area contributed by atoms with Crippen LogP contribution >= 0.6 is 0 Å². The Kier molecular flexibility index (Phi) is 4.89. The van der Waals surface area contributed by atoms with Crippen molar-refractivity contribution < 1.29 is 13.9 Å². The number of halogens is 1. The lowest BCUT2D eigenvalue weighted by Gasteiger charge is -2.19. The van der Waals surface area contributed by atoms with Crippen molar-refractivity contribution in [3.8, 4) is 6.07 Å². The average Bonchev–Trinajstić information content (AvgIpc) is 3.02. The van der Waals surface area contributed by atoms with Crippen molar-refractivity contribution in [3.63, 3.8) is 0 Å². The van der Waals surface area contributed by atoms with Crippen LogP contribution in [-0.4, -0.2) is 32.2 Å². The summed E-state index contributed by atoms with van der Waals surface area (Å²) in [5.41, 5.74) is -0.424. The zero-order valence-electron chi connectivity index (χ0n) is 13.3. The standard InChI is InChI=1S/C15H15FN6O2/c1-15(2,3)24-14(23)9-4-5-11(16)12(6-9)18-8-10(7-17)13-19-21-22-20-13/h4-6,8,18H,1-3H3,(H,19,20,21,22). The predicted octanol–water partition coefficient (Wildman–Crippen LogP) is 2.27. The van der Waals surface area contributed by atoms with Crippen LogP contribution in [0.2, 0.25) is 0 Å². The summed E-state index contributed by atoms with van der Waals surface area (Å²) < 4.78 is 19.1. The lowest BCUT2D eigenvalue weighted by atomic mass is 10.1. The number of carbonyl (C=O) groups excluding carboxylic acids is 1. The minimum Gasteiger partial charge on any atom is -0.456 e. The molecular formula is C15H15FN6O2. The Bertz CT molecular complexity index is 802. The molecule has 2 aromatic rings. The van der Waals surface area contributed by atoms with E-state index in [4.69, 9.17) is 10.00 Å². The van der Waals surface area contributed by atoms with E-state index < -0.39 is 17.4 Å². The van der Waals surface area contributed by atoms with E-state index in [1.54, 1.807) is 20.8 Å². The van der Waals surface area contributed by atoms with E-state index in [1.165, 1.54) is 18.3 Å². The second-order valence-corrected chi connectivity index (χ2v) is 5.75. The summed E-state index contributed by atoms with van der Waals surface area (Å²) in [6.07, 6.45) is 1.22. The summed E-state index contributed by atoms with van der Waals surface area (Å²) in [5, 5.41) is 24.6. The van der Waals surface area contributed by atoms with E-state index in [2.05, 4.69) is 25.9 Å². The summed E-state index contributed by atoms with van der Waals surface area (Å²) >= 11 is 0. The van der Waals surface area contributed by atoms with Gasteiger partial charge >= 0.3 is 5.97 Å². The van der Waals surface area contributed by atoms with E-state index in [-0.39, 0.29) is 22.6 Å². The molecule has 1 aromatic carbocycles. The Morgan fingerprint density at radius 2 is 2.21 bits per heavy atom. The molecular weight excluding hydrogens is 315 g/mol. The van der Waals surface area contributed by atoms with Gasteiger partial charge in [-0.05, 0) is 44.2 Å². The topological polar surface area (TPSA) is 117 Å². The smallest absolute Gasteiger partial charge is 0.338 e. The quantitative estimate of drug-likeness (QED) is 0.652. The van der Waals surface area contributed by atoms with Gasteiger partial charge in [-0.2, -0.15) is 10.5 Å². The molecule has 0 aliphatic rings. The number of tetrazole rings is 1.